The molecule has 0 aliphatic rings. The van der Waals surface area contributed by atoms with Gasteiger partial charge in [0, 0.05) is 11.4 Å². The van der Waals surface area contributed by atoms with E-state index in [-0.39, 0.29) is 18.2 Å². The van der Waals surface area contributed by atoms with Crippen molar-refractivity contribution in [3.63, 3.8) is 0 Å². The monoisotopic (exact) mass is 298 g/mol. The smallest absolute Gasteiger partial charge is 0.277 e. The van der Waals surface area contributed by atoms with Crippen molar-refractivity contribution in [1.82, 2.24) is 15.5 Å². The van der Waals surface area contributed by atoms with E-state index in [0.717, 1.165) is 6.42 Å². The van der Waals surface area contributed by atoms with Gasteiger partial charge < -0.3 is 15.5 Å². The molecule has 2 aromatic rings. The van der Waals surface area contributed by atoms with E-state index in [1.165, 1.54) is 16.6 Å². The fourth-order valence-electron chi connectivity index (χ4n) is 1.34. The van der Waals surface area contributed by atoms with Crippen LogP contribution in [-0.2, 0) is 17.8 Å². The number of carbonyl (C=O) groups is 1. The predicted molar refractivity (Wildman–Crippen MR) is 73.9 cm³/mol. The van der Waals surface area contributed by atoms with Crippen LogP contribution >= 0.6 is 23.1 Å². The molecule has 0 saturated carbocycles. The van der Waals surface area contributed by atoms with Crippen molar-refractivity contribution in [2.24, 2.45) is 5.73 Å². The van der Waals surface area contributed by atoms with Gasteiger partial charge in [-0.2, -0.15) is 0 Å². The minimum absolute atomic E-state index is 0.0472. The molecule has 0 fully saturated rings. The van der Waals surface area contributed by atoms with Gasteiger partial charge in [-0.25, -0.2) is 0 Å². The van der Waals surface area contributed by atoms with Gasteiger partial charge in [0.2, 0.25) is 11.8 Å². The molecular weight excluding hydrogens is 284 g/mol. The molecule has 8 heteroatoms. The Labute approximate surface area is 118 Å². The van der Waals surface area contributed by atoms with Crippen molar-refractivity contribution in [2.45, 2.75) is 18.2 Å². The molecule has 2 rings (SSSR count). The zero-order valence-corrected chi connectivity index (χ0v) is 11.8. The van der Waals surface area contributed by atoms with Crippen LogP contribution in [0.25, 0.3) is 0 Å². The largest absolute Gasteiger partial charge is 0.415 e. The van der Waals surface area contributed by atoms with Crippen LogP contribution in [-0.4, -0.2) is 28.4 Å². The van der Waals surface area contributed by atoms with E-state index >= 15 is 0 Å². The Bertz CT molecular complexity index is 513. The summed E-state index contributed by atoms with van der Waals surface area (Å²) < 4.78 is 5.18. The Kier molecular flexibility index (Phi) is 5.37. The lowest BCUT2D eigenvalue weighted by atomic mass is 10.3. The van der Waals surface area contributed by atoms with Crippen LogP contribution in [0.4, 0.5) is 0 Å². The molecule has 0 saturated heterocycles. The second-order valence-corrected chi connectivity index (χ2v) is 5.59. The second kappa shape index (κ2) is 7.27. The Hall–Kier alpha value is -1.38. The molecule has 0 spiro atoms. The molecule has 0 aromatic carbocycles. The molecule has 0 radical (unpaired) electrons. The zero-order valence-electron chi connectivity index (χ0n) is 10.2. The van der Waals surface area contributed by atoms with Gasteiger partial charge in [0.1, 0.15) is 0 Å². The fraction of sp³-hybridized carbons (Fsp3) is 0.364. The summed E-state index contributed by atoms with van der Waals surface area (Å²) in [6, 6.07) is 4.06. The van der Waals surface area contributed by atoms with Crippen molar-refractivity contribution >= 4 is 29.0 Å². The third-order valence-electron chi connectivity index (χ3n) is 2.22. The Balaban J connectivity index is 1.64. The highest BCUT2D eigenvalue weighted by Crippen LogP contribution is 2.15. The maximum atomic E-state index is 11.6. The topological polar surface area (TPSA) is 94.0 Å². The van der Waals surface area contributed by atoms with Crippen molar-refractivity contribution in [1.29, 1.82) is 0 Å². The van der Waals surface area contributed by atoms with Gasteiger partial charge >= 0.3 is 0 Å². The molecule has 0 unspecified atom stereocenters. The van der Waals surface area contributed by atoms with Gasteiger partial charge in [-0.15, -0.1) is 21.5 Å². The lowest BCUT2D eigenvalue weighted by Gasteiger charge is -2.02. The van der Waals surface area contributed by atoms with E-state index in [0.29, 0.717) is 17.7 Å². The minimum Gasteiger partial charge on any atom is -0.415 e. The normalized spacial score (nSPS) is 10.6. The second-order valence-electron chi connectivity index (χ2n) is 3.63. The van der Waals surface area contributed by atoms with E-state index < -0.39 is 0 Å². The van der Waals surface area contributed by atoms with Crippen LogP contribution in [0.15, 0.2) is 27.2 Å². The molecule has 2 heterocycles. The van der Waals surface area contributed by atoms with Crippen LogP contribution in [0.3, 0.4) is 0 Å². The summed E-state index contributed by atoms with van der Waals surface area (Å²) in [7, 11) is 0. The number of rotatable bonds is 7. The van der Waals surface area contributed by atoms with Gasteiger partial charge in [-0.3, -0.25) is 4.79 Å². The van der Waals surface area contributed by atoms with E-state index in [2.05, 4.69) is 21.6 Å². The van der Waals surface area contributed by atoms with Crippen LogP contribution in [0.1, 0.15) is 10.8 Å². The van der Waals surface area contributed by atoms with Crippen molar-refractivity contribution in [3.8, 4) is 0 Å². The molecule has 2 aromatic heterocycles. The van der Waals surface area contributed by atoms with Gasteiger partial charge in [-0.1, -0.05) is 17.8 Å². The van der Waals surface area contributed by atoms with Crippen LogP contribution in [0.5, 0.6) is 0 Å². The highest BCUT2D eigenvalue weighted by molar-refractivity contribution is 7.99. The first kappa shape index (κ1) is 14.0. The maximum absolute atomic E-state index is 11.6. The van der Waals surface area contributed by atoms with Crippen molar-refractivity contribution < 1.29 is 9.21 Å². The van der Waals surface area contributed by atoms with Crippen molar-refractivity contribution in [2.75, 3.05) is 12.3 Å². The van der Waals surface area contributed by atoms with E-state index in [9.17, 15) is 4.79 Å². The Morgan fingerprint density at radius 2 is 2.42 bits per heavy atom. The number of hydrogen-bond donors (Lipinski definition) is 2. The SMILES string of the molecule is NCc1nnc(SCC(=O)NCCc2cccs2)o1. The van der Waals surface area contributed by atoms with Gasteiger partial charge in [0.15, 0.2) is 0 Å². The molecule has 102 valence electrons. The lowest BCUT2D eigenvalue weighted by Crippen LogP contribution is -2.27. The first-order chi connectivity index (χ1) is 9.28. The number of thiophene rings is 1. The van der Waals surface area contributed by atoms with Crippen LogP contribution in [0.2, 0.25) is 0 Å². The summed E-state index contributed by atoms with van der Waals surface area (Å²) in [6.07, 6.45) is 0.853. The Morgan fingerprint density at radius 3 is 3.11 bits per heavy atom. The standard InChI is InChI=1S/C11H14N4O2S2/c12-6-10-14-15-11(17-10)19-7-9(16)13-4-3-8-2-1-5-18-8/h1-2,5H,3-4,6-7,12H2,(H,13,16). The summed E-state index contributed by atoms with van der Waals surface area (Å²) in [6.45, 7) is 0.846. The summed E-state index contributed by atoms with van der Waals surface area (Å²) in [4.78, 5) is 12.8. The fourth-order valence-corrected chi connectivity index (χ4v) is 2.66. The highest BCUT2D eigenvalue weighted by Gasteiger charge is 2.08. The van der Waals surface area contributed by atoms with Gasteiger partial charge in [-0.05, 0) is 17.9 Å². The number of thioether (sulfide) groups is 1. The molecule has 0 bridgehead atoms. The van der Waals surface area contributed by atoms with Crippen molar-refractivity contribution in [3.05, 3.63) is 28.3 Å². The first-order valence-corrected chi connectivity index (χ1v) is 7.59. The quantitative estimate of drug-likeness (QED) is 0.742. The van der Waals surface area contributed by atoms with E-state index in [4.69, 9.17) is 10.2 Å². The number of carbonyl (C=O) groups excluding carboxylic acids is 1. The third kappa shape index (κ3) is 4.66. The highest BCUT2D eigenvalue weighted by atomic mass is 32.2. The summed E-state index contributed by atoms with van der Waals surface area (Å²) in [5.41, 5.74) is 5.35. The minimum atomic E-state index is -0.0472. The molecule has 0 atom stereocenters. The number of amides is 1. The lowest BCUT2D eigenvalue weighted by molar-refractivity contribution is -0.118. The maximum Gasteiger partial charge on any atom is 0.277 e. The third-order valence-corrected chi connectivity index (χ3v) is 3.98. The van der Waals surface area contributed by atoms with Gasteiger partial charge in [0.05, 0.1) is 12.3 Å². The van der Waals surface area contributed by atoms with Crippen LogP contribution in [0, 0.1) is 0 Å². The Morgan fingerprint density at radius 1 is 1.53 bits per heavy atom. The predicted octanol–water partition coefficient (Wildman–Crippen LogP) is 1.04. The average molecular weight is 298 g/mol. The average Bonchev–Trinajstić information content (AvgIpc) is 3.07. The van der Waals surface area contributed by atoms with Crippen LogP contribution < -0.4 is 11.1 Å². The molecule has 6 nitrogen and oxygen atoms in total. The number of hydrogen-bond acceptors (Lipinski definition) is 7. The summed E-state index contributed by atoms with van der Waals surface area (Å²) in [5.74, 6) is 0.589. The number of nitrogens with one attached hydrogen (secondary N) is 1. The first-order valence-electron chi connectivity index (χ1n) is 5.72. The van der Waals surface area contributed by atoms with Gasteiger partial charge in [0.25, 0.3) is 5.22 Å². The molecule has 0 aliphatic carbocycles. The summed E-state index contributed by atoms with van der Waals surface area (Å²) >= 11 is 2.90. The zero-order chi connectivity index (χ0) is 13.5. The van der Waals surface area contributed by atoms with E-state index in [1.807, 2.05) is 11.4 Å². The molecule has 19 heavy (non-hydrogen) atoms. The molecule has 3 N–H and O–H groups in total. The molecule has 1 amide bonds. The molecular formula is C11H14N4O2S2. The summed E-state index contributed by atoms with van der Waals surface area (Å²) in [5, 5.41) is 12.7. The van der Waals surface area contributed by atoms with E-state index in [1.54, 1.807) is 11.3 Å². The number of aromatic nitrogens is 2. The number of nitrogens with two attached hydrogens (primary N) is 1. The number of nitrogens with zero attached hydrogens (tertiary/aromatic N) is 2. The molecule has 0 aliphatic heterocycles.